The minimum atomic E-state index is -0.356. The highest BCUT2D eigenvalue weighted by Gasteiger charge is 2.20. The minimum absolute atomic E-state index is 0.356. The first kappa shape index (κ1) is 19.9. The van der Waals surface area contributed by atoms with Crippen molar-refractivity contribution >= 4 is 21.9 Å². The van der Waals surface area contributed by atoms with Crippen molar-refractivity contribution in [3.63, 3.8) is 0 Å². The van der Waals surface area contributed by atoms with Gasteiger partial charge in [0.15, 0.2) is 0 Å². The maximum atomic E-state index is 14.2. The molecule has 7 nitrogen and oxygen atoms in total. The average molecular weight is 442 g/mol. The van der Waals surface area contributed by atoms with Gasteiger partial charge in [0.2, 0.25) is 0 Å². The number of aromatic amines is 2. The maximum absolute atomic E-state index is 14.2. The van der Waals surface area contributed by atoms with Crippen LogP contribution in [0.1, 0.15) is 24.5 Å². The molecule has 1 aromatic carbocycles. The van der Waals surface area contributed by atoms with Crippen LogP contribution in [-0.2, 0) is 0 Å². The molecule has 0 radical (unpaired) electrons. The van der Waals surface area contributed by atoms with E-state index in [1.54, 1.807) is 12.4 Å². The molecule has 0 saturated carbocycles. The minimum Gasteiger partial charge on any atom is -0.497 e. The number of pyridine rings is 2. The van der Waals surface area contributed by atoms with Crippen molar-refractivity contribution in [1.82, 2.24) is 30.5 Å². The Morgan fingerprint density at radius 2 is 1.91 bits per heavy atom. The second-order valence-electron chi connectivity index (χ2n) is 8.44. The third-order valence-electron chi connectivity index (χ3n) is 6.41. The molecule has 1 saturated heterocycles. The lowest BCUT2D eigenvalue weighted by Gasteiger charge is -2.22. The molecule has 1 aliphatic heterocycles. The fraction of sp³-hybridized carbons (Fsp3) is 0.240. The highest BCUT2D eigenvalue weighted by molar-refractivity contribution is 5.99. The lowest BCUT2D eigenvalue weighted by atomic mass is 9.94. The van der Waals surface area contributed by atoms with Crippen LogP contribution in [0, 0.1) is 5.82 Å². The molecule has 33 heavy (non-hydrogen) atoms. The SMILES string of the molecule is COc1cc(F)cc(-c2cncc3[nH]c(-c4n[nH]c5ccc(C6CCNCC6)nc45)cc23)c1. The van der Waals surface area contributed by atoms with Gasteiger partial charge in [-0.25, -0.2) is 9.37 Å². The van der Waals surface area contributed by atoms with Crippen molar-refractivity contribution in [3.8, 4) is 28.3 Å². The molecule has 5 aromatic rings. The predicted octanol–water partition coefficient (Wildman–Crippen LogP) is 4.78. The Balaban J connectivity index is 1.46. The van der Waals surface area contributed by atoms with Crippen LogP contribution in [0.2, 0.25) is 0 Å². The van der Waals surface area contributed by atoms with Crippen LogP contribution in [0.3, 0.4) is 0 Å². The molecule has 0 bridgehead atoms. The number of H-pyrrole nitrogens is 2. The number of rotatable bonds is 4. The molecule has 6 rings (SSSR count). The molecule has 0 spiro atoms. The molecule has 166 valence electrons. The van der Waals surface area contributed by atoms with Gasteiger partial charge in [-0.1, -0.05) is 0 Å². The van der Waals surface area contributed by atoms with Crippen LogP contribution in [0.15, 0.2) is 48.8 Å². The Morgan fingerprint density at radius 3 is 2.76 bits per heavy atom. The molecule has 0 aliphatic carbocycles. The van der Waals surface area contributed by atoms with Crippen LogP contribution in [0.25, 0.3) is 44.5 Å². The monoisotopic (exact) mass is 442 g/mol. The van der Waals surface area contributed by atoms with E-state index >= 15 is 0 Å². The van der Waals surface area contributed by atoms with Crippen LogP contribution >= 0.6 is 0 Å². The lowest BCUT2D eigenvalue weighted by molar-refractivity contribution is 0.411. The van der Waals surface area contributed by atoms with E-state index in [-0.39, 0.29) is 5.82 Å². The van der Waals surface area contributed by atoms with Crippen molar-refractivity contribution in [2.24, 2.45) is 0 Å². The highest BCUT2D eigenvalue weighted by atomic mass is 19.1. The fourth-order valence-electron chi connectivity index (χ4n) is 4.69. The summed E-state index contributed by atoms with van der Waals surface area (Å²) in [7, 11) is 1.53. The summed E-state index contributed by atoms with van der Waals surface area (Å²) in [6, 6.07) is 10.8. The zero-order valence-electron chi connectivity index (χ0n) is 18.2. The van der Waals surface area contributed by atoms with Gasteiger partial charge in [0.1, 0.15) is 22.8 Å². The summed E-state index contributed by atoms with van der Waals surface area (Å²) in [6.45, 7) is 2.04. The largest absolute Gasteiger partial charge is 0.497 e. The Morgan fingerprint density at radius 1 is 1.03 bits per heavy atom. The van der Waals surface area contributed by atoms with E-state index < -0.39 is 0 Å². The fourth-order valence-corrected chi connectivity index (χ4v) is 4.69. The van der Waals surface area contributed by atoms with Gasteiger partial charge < -0.3 is 15.0 Å². The second kappa shape index (κ2) is 7.97. The second-order valence-corrected chi connectivity index (χ2v) is 8.44. The van der Waals surface area contributed by atoms with Gasteiger partial charge in [0.25, 0.3) is 0 Å². The van der Waals surface area contributed by atoms with E-state index in [2.05, 4.69) is 37.6 Å². The standard InChI is InChI=1S/C25H23FN6O/c1-33-17-9-15(8-16(26)10-17)19-12-28-13-23-18(19)11-22(29-23)25-24-21(31-32-25)3-2-20(30-24)14-4-6-27-7-5-14/h2-3,8-14,27,29H,4-7H2,1H3,(H,31,32). The van der Waals surface area contributed by atoms with Gasteiger partial charge in [-0.15, -0.1) is 0 Å². The first-order chi connectivity index (χ1) is 16.2. The Hall–Kier alpha value is -3.78. The molecule has 0 unspecified atom stereocenters. The van der Waals surface area contributed by atoms with E-state index in [1.807, 2.05) is 12.1 Å². The topological polar surface area (TPSA) is 91.5 Å². The molecule has 0 atom stereocenters. The van der Waals surface area contributed by atoms with Crippen LogP contribution < -0.4 is 10.1 Å². The van der Waals surface area contributed by atoms with Gasteiger partial charge in [0.05, 0.1) is 30.0 Å². The number of methoxy groups -OCH3 is 1. The number of ether oxygens (including phenoxy) is 1. The van der Waals surface area contributed by atoms with Crippen molar-refractivity contribution in [2.75, 3.05) is 20.2 Å². The zero-order valence-corrected chi connectivity index (χ0v) is 18.2. The van der Waals surface area contributed by atoms with Crippen LogP contribution in [0.5, 0.6) is 5.75 Å². The van der Waals surface area contributed by atoms with E-state index in [9.17, 15) is 4.39 Å². The average Bonchev–Trinajstić information content (AvgIpc) is 3.47. The highest BCUT2D eigenvalue weighted by Crippen LogP contribution is 2.35. The third-order valence-corrected chi connectivity index (χ3v) is 6.41. The Kier molecular flexibility index (Phi) is 4.80. The summed E-state index contributed by atoms with van der Waals surface area (Å²) in [5.41, 5.74) is 6.82. The van der Waals surface area contributed by atoms with E-state index in [0.717, 1.165) is 70.5 Å². The molecule has 5 heterocycles. The van der Waals surface area contributed by atoms with Gasteiger partial charge >= 0.3 is 0 Å². The first-order valence-corrected chi connectivity index (χ1v) is 11.1. The Bertz CT molecular complexity index is 1470. The lowest BCUT2D eigenvalue weighted by Crippen LogP contribution is -2.27. The van der Waals surface area contributed by atoms with E-state index in [4.69, 9.17) is 9.72 Å². The Labute approximate surface area is 189 Å². The molecule has 1 aliphatic rings. The summed E-state index contributed by atoms with van der Waals surface area (Å²) < 4.78 is 19.4. The number of hydrogen-bond acceptors (Lipinski definition) is 5. The molecule has 1 fully saturated rings. The number of fused-ring (bicyclic) bond motifs is 2. The van der Waals surface area contributed by atoms with E-state index in [0.29, 0.717) is 17.2 Å². The maximum Gasteiger partial charge on any atom is 0.135 e. The molecule has 4 aromatic heterocycles. The van der Waals surface area contributed by atoms with Crippen molar-refractivity contribution in [2.45, 2.75) is 18.8 Å². The van der Waals surface area contributed by atoms with Crippen molar-refractivity contribution < 1.29 is 9.13 Å². The number of piperidine rings is 1. The molecular formula is C25H23FN6O. The van der Waals surface area contributed by atoms with Gasteiger partial charge in [0, 0.05) is 34.8 Å². The molecule has 3 N–H and O–H groups in total. The van der Waals surface area contributed by atoms with Crippen molar-refractivity contribution in [1.29, 1.82) is 0 Å². The first-order valence-electron chi connectivity index (χ1n) is 11.1. The number of halogens is 1. The summed E-state index contributed by atoms with van der Waals surface area (Å²) in [6.07, 6.45) is 5.68. The summed E-state index contributed by atoms with van der Waals surface area (Å²) in [4.78, 5) is 12.8. The molecule has 0 amide bonds. The molecular weight excluding hydrogens is 419 g/mol. The van der Waals surface area contributed by atoms with Crippen molar-refractivity contribution in [3.05, 3.63) is 60.3 Å². The predicted molar refractivity (Wildman–Crippen MR) is 126 cm³/mol. The van der Waals surface area contributed by atoms with Crippen LogP contribution in [-0.4, -0.2) is 45.3 Å². The number of hydrogen-bond donors (Lipinski definition) is 3. The smallest absolute Gasteiger partial charge is 0.135 e. The number of aromatic nitrogens is 5. The normalized spacial score (nSPS) is 14.8. The quantitative estimate of drug-likeness (QED) is 0.373. The third kappa shape index (κ3) is 3.52. The van der Waals surface area contributed by atoms with Gasteiger partial charge in [-0.05, 0) is 61.8 Å². The van der Waals surface area contributed by atoms with Gasteiger partial charge in [-0.3, -0.25) is 10.1 Å². The summed E-state index contributed by atoms with van der Waals surface area (Å²) >= 11 is 0. The summed E-state index contributed by atoms with van der Waals surface area (Å²) in [5, 5.41) is 12.0. The van der Waals surface area contributed by atoms with Crippen LogP contribution in [0.4, 0.5) is 4.39 Å². The molecule has 8 heteroatoms. The number of benzene rings is 1. The van der Waals surface area contributed by atoms with Gasteiger partial charge in [-0.2, -0.15) is 5.10 Å². The number of nitrogens with one attached hydrogen (secondary N) is 3. The summed E-state index contributed by atoms with van der Waals surface area (Å²) in [5.74, 6) is 0.565. The number of nitrogens with zero attached hydrogens (tertiary/aromatic N) is 3. The van der Waals surface area contributed by atoms with E-state index in [1.165, 1.54) is 19.2 Å². The zero-order chi connectivity index (χ0) is 22.4.